The number of ether oxygens (including phenoxy) is 1. The Hall–Kier alpha value is -1.33. The third-order valence-corrected chi connectivity index (χ3v) is 3.23. The van der Waals surface area contributed by atoms with Crippen molar-refractivity contribution in [2.24, 2.45) is 0 Å². The Bertz CT molecular complexity index is 419. The van der Waals surface area contributed by atoms with Gasteiger partial charge in [0.25, 0.3) is 0 Å². The Balaban J connectivity index is 1.99. The SMILES string of the molecule is Cc1[nH]c(CNC2(C)CCOC2)cc1C(=O)O. The Kier molecular flexibility index (Phi) is 3.22. The number of rotatable bonds is 4. The second kappa shape index (κ2) is 4.50. The molecule has 0 bridgehead atoms. The van der Waals surface area contributed by atoms with Crippen molar-refractivity contribution in [1.82, 2.24) is 10.3 Å². The number of nitrogens with one attached hydrogen (secondary N) is 2. The van der Waals surface area contributed by atoms with Crippen LogP contribution in [0.3, 0.4) is 0 Å². The minimum atomic E-state index is -0.889. The summed E-state index contributed by atoms with van der Waals surface area (Å²) >= 11 is 0. The number of hydrogen-bond acceptors (Lipinski definition) is 3. The lowest BCUT2D eigenvalue weighted by Crippen LogP contribution is -2.42. The van der Waals surface area contributed by atoms with Crippen LogP contribution in [0, 0.1) is 6.92 Å². The number of aromatic amines is 1. The maximum absolute atomic E-state index is 10.9. The van der Waals surface area contributed by atoms with E-state index in [1.807, 2.05) is 0 Å². The molecule has 0 aromatic carbocycles. The van der Waals surface area contributed by atoms with Crippen molar-refractivity contribution in [1.29, 1.82) is 0 Å². The summed E-state index contributed by atoms with van der Waals surface area (Å²) in [5.41, 5.74) is 1.94. The van der Waals surface area contributed by atoms with E-state index >= 15 is 0 Å². The van der Waals surface area contributed by atoms with E-state index in [9.17, 15) is 4.79 Å². The normalized spacial score (nSPS) is 24.1. The van der Waals surface area contributed by atoms with E-state index in [2.05, 4.69) is 17.2 Å². The lowest BCUT2D eigenvalue weighted by molar-refractivity contribution is 0.0696. The highest BCUT2D eigenvalue weighted by Crippen LogP contribution is 2.18. The van der Waals surface area contributed by atoms with Gasteiger partial charge in [0.2, 0.25) is 0 Å². The highest BCUT2D eigenvalue weighted by molar-refractivity contribution is 5.89. The minimum absolute atomic E-state index is 0.00238. The summed E-state index contributed by atoms with van der Waals surface area (Å²) in [5, 5.41) is 12.4. The van der Waals surface area contributed by atoms with Crippen LogP contribution in [0.15, 0.2) is 6.07 Å². The van der Waals surface area contributed by atoms with Crippen LogP contribution in [0.25, 0.3) is 0 Å². The molecule has 1 saturated heterocycles. The Labute approximate surface area is 100 Å². The molecule has 0 saturated carbocycles. The van der Waals surface area contributed by atoms with Crippen LogP contribution in [-0.4, -0.2) is 34.8 Å². The smallest absolute Gasteiger partial charge is 0.337 e. The molecule has 0 radical (unpaired) electrons. The summed E-state index contributed by atoms with van der Waals surface area (Å²) in [6.07, 6.45) is 0.985. The van der Waals surface area contributed by atoms with Gasteiger partial charge in [0.15, 0.2) is 0 Å². The average molecular weight is 238 g/mol. The molecule has 0 aliphatic carbocycles. The first kappa shape index (κ1) is 12.1. The van der Waals surface area contributed by atoms with E-state index in [1.165, 1.54) is 0 Å². The highest BCUT2D eigenvalue weighted by Gasteiger charge is 2.28. The molecular formula is C12H18N2O3. The van der Waals surface area contributed by atoms with Crippen LogP contribution < -0.4 is 5.32 Å². The van der Waals surface area contributed by atoms with Crippen molar-refractivity contribution in [3.8, 4) is 0 Å². The molecule has 1 aromatic heterocycles. The van der Waals surface area contributed by atoms with Crippen molar-refractivity contribution < 1.29 is 14.6 Å². The number of carboxylic acids is 1. The highest BCUT2D eigenvalue weighted by atomic mass is 16.5. The minimum Gasteiger partial charge on any atom is -0.478 e. The van der Waals surface area contributed by atoms with Gasteiger partial charge in [-0.25, -0.2) is 4.79 Å². The fraction of sp³-hybridized carbons (Fsp3) is 0.583. The zero-order valence-electron chi connectivity index (χ0n) is 10.2. The number of hydrogen-bond donors (Lipinski definition) is 3. The molecule has 1 unspecified atom stereocenters. The first-order valence-electron chi connectivity index (χ1n) is 5.75. The van der Waals surface area contributed by atoms with E-state index in [0.29, 0.717) is 24.4 Å². The van der Waals surface area contributed by atoms with Gasteiger partial charge in [-0.05, 0) is 26.3 Å². The van der Waals surface area contributed by atoms with Crippen LogP contribution in [0.5, 0.6) is 0 Å². The number of carboxylic acid groups (broad SMARTS) is 1. The number of carbonyl (C=O) groups is 1. The molecule has 1 aromatic rings. The van der Waals surface area contributed by atoms with Gasteiger partial charge in [0, 0.05) is 30.1 Å². The summed E-state index contributed by atoms with van der Waals surface area (Å²) in [7, 11) is 0. The predicted octanol–water partition coefficient (Wildman–Crippen LogP) is 1.29. The van der Waals surface area contributed by atoms with E-state index in [-0.39, 0.29) is 5.54 Å². The van der Waals surface area contributed by atoms with Crippen molar-refractivity contribution in [2.75, 3.05) is 13.2 Å². The van der Waals surface area contributed by atoms with Crippen molar-refractivity contribution in [2.45, 2.75) is 32.4 Å². The van der Waals surface area contributed by atoms with Gasteiger partial charge in [0.1, 0.15) is 0 Å². The van der Waals surface area contributed by atoms with Crippen LogP contribution >= 0.6 is 0 Å². The third kappa shape index (κ3) is 2.68. The summed E-state index contributed by atoms with van der Waals surface area (Å²) in [6, 6.07) is 1.68. The Morgan fingerprint density at radius 1 is 1.71 bits per heavy atom. The van der Waals surface area contributed by atoms with Gasteiger partial charge < -0.3 is 20.1 Å². The van der Waals surface area contributed by atoms with Gasteiger partial charge in [-0.15, -0.1) is 0 Å². The summed E-state index contributed by atoms with van der Waals surface area (Å²) in [5.74, 6) is -0.889. The average Bonchev–Trinajstić information content (AvgIpc) is 2.83. The van der Waals surface area contributed by atoms with Crippen molar-refractivity contribution in [3.63, 3.8) is 0 Å². The topological polar surface area (TPSA) is 74.3 Å². The second-order valence-electron chi connectivity index (χ2n) is 4.86. The zero-order valence-corrected chi connectivity index (χ0v) is 10.2. The largest absolute Gasteiger partial charge is 0.478 e. The maximum atomic E-state index is 10.9. The van der Waals surface area contributed by atoms with Crippen LogP contribution in [0.4, 0.5) is 0 Å². The van der Waals surface area contributed by atoms with Crippen molar-refractivity contribution >= 4 is 5.97 Å². The van der Waals surface area contributed by atoms with Gasteiger partial charge in [0.05, 0.1) is 12.2 Å². The molecule has 17 heavy (non-hydrogen) atoms. The third-order valence-electron chi connectivity index (χ3n) is 3.23. The molecule has 94 valence electrons. The molecule has 3 N–H and O–H groups in total. The molecule has 1 aliphatic heterocycles. The monoisotopic (exact) mass is 238 g/mol. The van der Waals surface area contributed by atoms with Crippen LogP contribution in [0.1, 0.15) is 35.1 Å². The van der Waals surface area contributed by atoms with E-state index in [0.717, 1.165) is 18.7 Å². The van der Waals surface area contributed by atoms with Gasteiger partial charge in [-0.2, -0.15) is 0 Å². The number of aromatic carboxylic acids is 1. The lowest BCUT2D eigenvalue weighted by atomic mass is 10.0. The van der Waals surface area contributed by atoms with Gasteiger partial charge >= 0.3 is 5.97 Å². The molecule has 2 rings (SSSR count). The molecule has 1 atom stereocenters. The molecule has 5 heteroatoms. The molecule has 0 spiro atoms. The zero-order chi connectivity index (χ0) is 12.5. The first-order chi connectivity index (χ1) is 8.00. The standard InChI is InChI=1S/C12H18N2O3/c1-8-10(11(15)16)5-9(14-8)6-13-12(2)3-4-17-7-12/h5,13-14H,3-4,6-7H2,1-2H3,(H,15,16). The summed E-state index contributed by atoms with van der Waals surface area (Å²) in [6.45, 7) is 6.02. The number of aryl methyl sites for hydroxylation is 1. The van der Waals surface area contributed by atoms with Crippen LogP contribution in [-0.2, 0) is 11.3 Å². The molecule has 5 nitrogen and oxygen atoms in total. The quantitative estimate of drug-likeness (QED) is 0.739. The summed E-state index contributed by atoms with van der Waals surface area (Å²) < 4.78 is 5.35. The number of aromatic nitrogens is 1. The molecule has 1 fully saturated rings. The maximum Gasteiger partial charge on any atom is 0.337 e. The predicted molar refractivity (Wildman–Crippen MR) is 63.2 cm³/mol. The van der Waals surface area contributed by atoms with Crippen LogP contribution in [0.2, 0.25) is 0 Å². The molecule has 2 heterocycles. The van der Waals surface area contributed by atoms with E-state index in [4.69, 9.17) is 9.84 Å². The van der Waals surface area contributed by atoms with Crippen molar-refractivity contribution in [3.05, 3.63) is 23.0 Å². The van der Waals surface area contributed by atoms with Gasteiger partial charge in [-0.3, -0.25) is 0 Å². The van der Waals surface area contributed by atoms with Gasteiger partial charge in [-0.1, -0.05) is 0 Å². The fourth-order valence-electron chi connectivity index (χ4n) is 2.06. The Morgan fingerprint density at radius 3 is 3.00 bits per heavy atom. The number of H-pyrrole nitrogens is 1. The van der Waals surface area contributed by atoms with E-state index < -0.39 is 5.97 Å². The summed E-state index contributed by atoms with van der Waals surface area (Å²) in [4.78, 5) is 14.0. The first-order valence-corrected chi connectivity index (χ1v) is 5.75. The molecule has 0 amide bonds. The lowest BCUT2D eigenvalue weighted by Gasteiger charge is -2.23. The second-order valence-corrected chi connectivity index (χ2v) is 4.86. The molecular weight excluding hydrogens is 220 g/mol. The van der Waals surface area contributed by atoms with E-state index in [1.54, 1.807) is 13.0 Å². The fourth-order valence-corrected chi connectivity index (χ4v) is 2.06. The Morgan fingerprint density at radius 2 is 2.47 bits per heavy atom. The molecule has 1 aliphatic rings.